The Hall–Kier alpha value is -3.55. The van der Waals surface area contributed by atoms with Crippen LogP contribution in [0.15, 0.2) is 55.0 Å². The second-order valence-corrected chi connectivity index (χ2v) is 6.35. The van der Waals surface area contributed by atoms with Crippen molar-refractivity contribution in [1.82, 2.24) is 25.1 Å². The van der Waals surface area contributed by atoms with Crippen molar-refractivity contribution in [2.45, 2.75) is 0 Å². The summed E-state index contributed by atoms with van der Waals surface area (Å²) in [5.41, 5.74) is 2.28. The van der Waals surface area contributed by atoms with Crippen LogP contribution in [-0.4, -0.2) is 64.3 Å². The Morgan fingerprint density at radius 3 is 2.43 bits per heavy atom. The molecule has 0 atom stereocenters. The molecule has 0 saturated carbocycles. The van der Waals surface area contributed by atoms with Gasteiger partial charge in [-0.3, -0.25) is 9.78 Å². The van der Waals surface area contributed by atoms with Crippen molar-refractivity contribution in [3.63, 3.8) is 0 Å². The molecule has 8 heteroatoms. The van der Waals surface area contributed by atoms with E-state index < -0.39 is 0 Å². The molecule has 1 aliphatic rings. The van der Waals surface area contributed by atoms with Crippen molar-refractivity contribution in [2.24, 2.45) is 0 Å². The van der Waals surface area contributed by atoms with E-state index in [4.69, 9.17) is 4.74 Å². The molecule has 1 aliphatic heterocycles. The molecule has 1 saturated heterocycles. The van der Waals surface area contributed by atoms with E-state index in [-0.39, 0.29) is 5.91 Å². The van der Waals surface area contributed by atoms with Gasteiger partial charge < -0.3 is 14.5 Å². The number of nitrogens with zero attached hydrogens (tertiary/aromatic N) is 6. The molecule has 8 nitrogen and oxygen atoms in total. The van der Waals surface area contributed by atoms with Crippen molar-refractivity contribution in [3.8, 4) is 17.1 Å². The number of pyridine rings is 2. The van der Waals surface area contributed by atoms with Crippen LogP contribution in [0.25, 0.3) is 11.3 Å². The lowest BCUT2D eigenvalue weighted by atomic mass is 10.2. The minimum absolute atomic E-state index is 0.0660. The van der Waals surface area contributed by atoms with E-state index in [2.05, 4.69) is 25.1 Å². The zero-order valence-corrected chi connectivity index (χ0v) is 15.5. The third kappa shape index (κ3) is 3.62. The first-order chi connectivity index (χ1) is 13.8. The fourth-order valence-corrected chi connectivity index (χ4v) is 3.20. The number of piperazine rings is 1. The van der Waals surface area contributed by atoms with Crippen LogP contribution in [0.2, 0.25) is 0 Å². The van der Waals surface area contributed by atoms with Gasteiger partial charge in [-0.05, 0) is 36.4 Å². The zero-order valence-electron chi connectivity index (χ0n) is 15.5. The van der Waals surface area contributed by atoms with Gasteiger partial charge in [-0.1, -0.05) is 0 Å². The molecule has 0 aliphatic carbocycles. The van der Waals surface area contributed by atoms with Crippen LogP contribution < -0.4 is 9.64 Å². The number of anilines is 1. The number of hydrogen-bond acceptors (Lipinski definition) is 7. The fourth-order valence-electron chi connectivity index (χ4n) is 3.20. The van der Waals surface area contributed by atoms with E-state index in [0.717, 1.165) is 17.1 Å². The van der Waals surface area contributed by atoms with Gasteiger partial charge in [-0.15, -0.1) is 10.2 Å². The van der Waals surface area contributed by atoms with Gasteiger partial charge in [0.25, 0.3) is 5.91 Å². The summed E-state index contributed by atoms with van der Waals surface area (Å²) in [4.78, 5) is 24.8. The Bertz CT molecular complexity index is 940. The van der Waals surface area contributed by atoms with Gasteiger partial charge in [0, 0.05) is 50.3 Å². The Morgan fingerprint density at radius 1 is 0.964 bits per heavy atom. The molecule has 4 heterocycles. The van der Waals surface area contributed by atoms with Crippen LogP contribution in [0.3, 0.4) is 0 Å². The molecule has 28 heavy (non-hydrogen) atoms. The van der Waals surface area contributed by atoms with Crippen molar-refractivity contribution < 1.29 is 9.53 Å². The molecule has 1 amide bonds. The van der Waals surface area contributed by atoms with Crippen molar-refractivity contribution in [1.29, 1.82) is 0 Å². The number of methoxy groups -OCH3 is 1. The molecule has 0 N–H and O–H groups in total. The van der Waals surface area contributed by atoms with Gasteiger partial charge in [-0.25, -0.2) is 4.98 Å². The molecular formula is C20H20N6O2. The van der Waals surface area contributed by atoms with Gasteiger partial charge >= 0.3 is 0 Å². The maximum Gasteiger partial charge on any atom is 0.259 e. The third-order valence-corrected chi connectivity index (χ3v) is 4.71. The Balaban J connectivity index is 1.41. The normalized spacial score (nSPS) is 14.0. The van der Waals surface area contributed by atoms with E-state index in [1.165, 1.54) is 7.11 Å². The quantitative estimate of drug-likeness (QED) is 0.688. The molecule has 0 unspecified atom stereocenters. The van der Waals surface area contributed by atoms with E-state index in [9.17, 15) is 4.79 Å². The summed E-state index contributed by atoms with van der Waals surface area (Å²) >= 11 is 0. The number of carbonyl (C=O) groups is 1. The van der Waals surface area contributed by atoms with Crippen LogP contribution in [0.1, 0.15) is 10.4 Å². The first-order valence-electron chi connectivity index (χ1n) is 9.03. The minimum atomic E-state index is -0.0660. The summed E-state index contributed by atoms with van der Waals surface area (Å²) in [6, 6.07) is 11.2. The van der Waals surface area contributed by atoms with Gasteiger partial charge in [0.2, 0.25) is 5.88 Å². The summed E-state index contributed by atoms with van der Waals surface area (Å²) in [5, 5.41) is 8.68. The van der Waals surface area contributed by atoms with E-state index in [0.29, 0.717) is 37.6 Å². The standard InChI is InChI=1S/C20H20N6O2/c1-28-19-16(3-2-8-22-19)20(27)26-13-11-25(12-14-26)18-5-4-17(23-24-18)15-6-9-21-10-7-15/h2-10H,11-14H2,1H3. The molecular weight excluding hydrogens is 356 g/mol. The smallest absolute Gasteiger partial charge is 0.259 e. The van der Waals surface area contributed by atoms with Gasteiger partial charge in [0.15, 0.2) is 5.82 Å². The van der Waals surface area contributed by atoms with E-state index in [1.54, 1.807) is 30.7 Å². The number of hydrogen-bond donors (Lipinski definition) is 0. The highest BCUT2D eigenvalue weighted by atomic mass is 16.5. The number of carbonyl (C=O) groups excluding carboxylic acids is 1. The lowest BCUT2D eigenvalue weighted by molar-refractivity contribution is 0.0742. The SMILES string of the molecule is COc1ncccc1C(=O)N1CCN(c2ccc(-c3ccncc3)nn2)CC1. The summed E-state index contributed by atoms with van der Waals surface area (Å²) in [7, 11) is 1.52. The van der Waals surface area contributed by atoms with Gasteiger partial charge in [0.1, 0.15) is 5.56 Å². The highest BCUT2D eigenvalue weighted by Crippen LogP contribution is 2.21. The molecule has 0 bridgehead atoms. The van der Waals surface area contributed by atoms with Crippen LogP contribution in [-0.2, 0) is 0 Å². The van der Waals surface area contributed by atoms with Crippen LogP contribution in [0.5, 0.6) is 5.88 Å². The second kappa shape index (κ2) is 7.99. The van der Waals surface area contributed by atoms with E-state index >= 15 is 0 Å². The topological polar surface area (TPSA) is 84.3 Å². The average molecular weight is 376 g/mol. The van der Waals surface area contributed by atoms with Crippen molar-refractivity contribution in [2.75, 3.05) is 38.2 Å². The monoisotopic (exact) mass is 376 g/mol. The zero-order chi connectivity index (χ0) is 19.3. The fraction of sp³-hybridized carbons (Fsp3) is 0.250. The van der Waals surface area contributed by atoms with E-state index in [1.807, 2.05) is 29.2 Å². The van der Waals surface area contributed by atoms with Crippen molar-refractivity contribution in [3.05, 3.63) is 60.6 Å². The largest absolute Gasteiger partial charge is 0.480 e. The molecule has 0 spiro atoms. The highest BCUT2D eigenvalue weighted by Gasteiger charge is 2.25. The molecule has 0 aromatic carbocycles. The third-order valence-electron chi connectivity index (χ3n) is 4.71. The van der Waals surface area contributed by atoms with Gasteiger partial charge in [0.05, 0.1) is 12.8 Å². The average Bonchev–Trinajstić information content (AvgIpc) is 2.79. The molecule has 0 radical (unpaired) electrons. The van der Waals surface area contributed by atoms with Crippen LogP contribution in [0, 0.1) is 0 Å². The lowest BCUT2D eigenvalue weighted by Crippen LogP contribution is -2.49. The second-order valence-electron chi connectivity index (χ2n) is 6.35. The first kappa shape index (κ1) is 17.8. The number of amides is 1. The summed E-state index contributed by atoms with van der Waals surface area (Å²) in [5.74, 6) is 1.10. The first-order valence-corrected chi connectivity index (χ1v) is 9.03. The Kier molecular flexibility index (Phi) is 5.09. The van der Waals surface area contributed by atoms with Gasteiger partial charge in [-0.2, -0.15) is 0 Å². The summed E-state index contributed by atoms with van der Waals surface area (Å²) in [6.45, 7) is 2.59. The molecule has 1 fully saturated rings. The van der Waals surface area contributed by atoms with Crippen LogP contribution >= 0.6 is 0 Å². The lowest BCUT2D eigenvalue weighted by Gasteiger charge is -2.35. The number of aromatic nitrogens is 4. The van der Waals surface area contributed by atoms with Crippen molar-refractivity contribution >= 4 is 11.7 Å². The Labute approximate surface area is 162 Å². The predicted molar refractivity (Wildman–Crippen MR) is 104 cm³/mol. The molecule has 4 rings (SSSR count). The maximum absolute atomic E-state index is 12.8. The maximum atomic E-state index is 12.8. The summed E-state index contributed by atoms with van der Waals surface area (Å²) < 4.78 is 5.20. The summed E-state index contributed by atoms with van der Waals surface area (Å²) in [6.07, 6.45) is 5.08. The predicted octanol–water partition coefficient (Wildman–Crippen LogP) is 1.90. The number of rotatable bonds is 4. The Morgan fingerprint density at radius 2 is 1.75 bits per heavy atom. The molecule has 3 aromatic heterocycles. The highest BCUT2D eigenvalue weighted by molar-refractivity contribution is 5.96. The molecule has 3 aromatic rings. The molecule has 142 valence electrons. The minimum Gasteiger partial charge on any atom is -0.480 e. The van der Waals surface area contributed by atoms with Crippen LogP contribution in [0.4, 0.5) is 5.82 Å². The number of ether oxygens (including phenoxy) is 1.